The van der Waals surface area contributed by atoms with Gasteiger partial charge in [-0.25, -0.2) is 4.68 Å². The molecular weight excluding hydrogens is 222 g/mol. The molecule has 3 N–H and O–H groups in total. The molecule has 0 bridgehead atoms. The monoisotopic (exact) mass is 239 g/mol. The predicted octanol–water partition coefficient (Wildman–Crippen LogP) is -0.398. The fourth-order valence-corrected chi connectivity index (χ4v) is 1.33. The summed E-state index contributed by atoms with van der Waals surface area (Å²) in [6, 6.07) is 0. The molecule has 2 amide bonds. The maximum atomic E-state index is 11.5. The number of carbonyl (C=O) groups is 2. The standard InChI is InChI=1S/C10H17N5O2/c1-3-4-5-12-8(16)6-15-7(2)9(10(11)17)13-14-15/h3-6H2,1-2H3,(H2,11,17)(H,12,16). The van der Waals surface area contributed by atoms with Crippen molar-refractivity contribution in [3.63, 3.8) is 0 Å². The van der Waals surface area contributed by atoms with Crippen molar-refractivity contribution in [2.75, 3.05) is 6.54 Å². The van der Waals surface area contributed by atoms with E-state index >= 15 is 0 Å². The lowest BCUT2D eigenvalue weighted by molar-refractivity contribution is -0.121. The SMILES string of the molecule is CCCCNC(=O)Cn1nnc(C(N)=O)c1C. The molecule has 1 rings (SSSR count). The summed E-state index contributed by atoms with van der Waals surface area (Å²) < 4.78 is 1.36. The van der Waals surface area contributed by atoms with Crippen LogP contribution < -0.4 is 11.1 Å². The second-order valence-electron chi connectivity index (χ2n) is 3.75. The molecule has 0 aliphatic carbocycles. The topological polar surface area (TPSA) is 103 Å². The third-order valence-electron chi connectivity index (χ3n) is 2.36. The van der Waals surface area contributed by atoms with Crippen molar-refractivity contribution >= 4 is 11.8 Å². The van der Waals surface area contributed by atoms with Gasteiger partial charge in [-0.2, -0.15) is 0 Å². The minimum absolute atomic E-state index is 0.0514. The number of nitrogens with one attached hydrogen (secondary N) is 1. The third-order valence-corrected chi connectivity index (χ3v) is 2.36. The highest BCUT2D eigenvalue weighted by Gasteiger charge is 2.14. The Hall–Kier alpha value is -1.92. The molecule has 94 valence electrons. The molecule has 0 radical (unpaired) electrons. The van der Waals surface area contributed by atoms with E-state index in [1.165, 1.54) is 4.68 Å². The summed E-state index contributed by atoms with van der Waals surface area (Å²) in [6.45, 7) is 4.40. The third kappa shape index (κ3) is 3.54. The van der Waals surface area contributed by atoms with E-state index in [9.17, 15) is 9.59 Å². The fraction of sp³-hybridized carbons (Fsp3) is 0.600. The highest BCUT2D eigenvalue weighted by Crippen LogP contribution is 2.01. The Morgan fingerprint density at radius 1 is 1.47 bits per heavy atom. The Morgan fingerprint density at radius 2 is 2.18 bits per heavy atom. The number of unbranched alkanes of at least 4 members (excludes halogenated alkanes) is 1. The smallest absolute Gasteiger partial charge is 0.271 e. The molecule has 0 fully saturated rings. The van der Waals surface area contributed by atoms with E-state index < -0.39 is 5.91 Å². The zero-order valence-electron chi connectivity index (χ0n) is 10.1. The lowest BCUT2D eigenvalue weighted by Crippen LogP contribution is -2.29. The van der Waals surface area contributed by atoms with Gasteiger partial charge in [-0.1, -0.05) is 18.6 Å². The molecule has 1 aromatic rings. The van der Waals surface area contributed by atoms with E-state index in [1.54, 1.807) is 6.92 Å². The first-order chi connectivity index (χ1) is 8.06. The van der Waals surface area contributed by atoms with Crippen molar-refractivity contribution in [2.24, 2.45) is 5.73 Å². The van der Waals surface area contributed by atoms with Crippen molar-refractivity contribution in [1.82, 2.24) is 20.3 Å². The van der Waals surface area contributed by atoms with Crippen LogP contribution in [0.2, 0.25) is 0 Å². The molecule has 1 heterocycles. The minimum atomic E-state index is -0.639. The number of amides is 2. The summed E-state index contributed by atoms with van der Waals surface area (Å²) in [5.41, 5.74) is 5.71. The van der Waals surface area contributed by atoms with Crippen molar-refractivity contribution in [3.8, 4) is 0 Å². The van der Waals surface area contributed by atoms with Crippen LogP contribution in [0.3, 0.4) is 0 Å². The molecular formula is C10H17N5O2. The highest BCUT2D eigenvalue weighted by molar-refractivity contribution is 5.91. The maximum absolute atomic E-state index is 11.5. The summed E-state index contributed by atoms with van der Waals surface area (Å²) in [5.74, 6) is -0.789. The van der Waals surface area contributed by atoms with Crippen LogP contribution in [0.15, 0.2) is 0 Å². The number of aromatic nitrogens is 3. The van der Waals surface area contributed by atoms with Gasteiger partial charge in [0.2, 0.25) is 5.91 Å². The fourth-order valence-electron chi connectivity index (χ4n) is 1.33. The molecule has 0 spiro atoms. The lowest BCUT2D eigenvalue weighted by Gasteiger charge is -2.05. The molecule has 0 aromatic carbocycles. The van der Waals surface area contributed by atoms with Crippen molar-refractivity contribution < 1.29 is 9.59 Å². The maximum Gasteiger partial charge on any atom is 0.271 e. The van der Waals surface area contributed by atoms with Gasteiger partial charge < -0.3 is 11.1 Å². The van der Waals surface area contributed by atoms with Crippen molar-refractivity contribution in [1.29, 1.82) is 0 Å². The normalized spacial score (nSPS) is 10.2. The molecule has 0 unspecified atom stereocenters. The van der Waals surface area contributed by atoms with E-state index in [0.29, 0.717) is 12.2 Å². The Kier molecular flexibility index (Phi) is 4.62. The molecule has 17 heavy (non-hydrogen) atoms. The van der Waals surface area contributed by atoms with Crippen LogP contribution in [-0.4, -0.2) is 33.4 Å². The van der Waals surface area contributed by atoms with Gasteiger partial charge in [-0.05, 0) is 13.3 Å². The number of nitrogens with zero attached hydrogens (tertiary/aromatic N) is 3. The molecule has 0 atom stereocenters. The van der Waals surface area contributed by atoms with Crippen LogP contribution in [-0.2, 0) is 11.3 Å². The van der Waals surface area contributed by atoms with Gasteiger partial charge in [-0.15, -0.1) is 5.10 Å². The summed E-state index contributed by atoms with van der Waals surface area (Å²) in [4.78, 5) is 22.4. The highest BCUT2D eigenvalue weighted by atomic mass is 16.2. The largest absolute Gasteiger partial charge is 0.364 e. The van der Waals surface area contributed by atoms with Gasteiger partial charge in [0.15, 0.2) is 5.69 Å². The molecule has 7 heteroatoms. The molecule has 0 saturated heterocycles. The first kappa shape index (κ1) is 13.1. The average Bonchev–Trinajstić information content (AvgIpc) is 2.61. The molecule has 0 saturated carbocycles. The Bertz CT molecular complexity index is 413. The van der Waals surface area contributed by atoms with Crippen molar-refractivity contribution in [3.05, 3.63) is 11.4 Å². The summed E-state index contributed by atoms with van der Waals surface area (Å²) in [7, 11) is 0. The van der Waals surface area contributed by atoms with E-state index in [-0.39, 0.29) is 18.1 Å². The van der Waals surface area contributed by atoms with E-state index in [1.807, 2.05) is 6.92 Å². The average molecular weight is 239 g/mol. The van der Waals surface area contributed by atoms with Gasteiger partial charge in [0.25, 0.3) is 5.91 Å². The van der Waals surface area contributed by atoms with Crippen LogP contribution >= 0.6 is 0 Å². The Morgan fingerprint density at radius 3 is 2.71 bits per heavy atom. The van der Waals surface area contributed by atoms with Crippen LogP contribution in [0.5, 0.6) is 0 Å². The first-order valence-corrected chi connectivity index (χ1v) is 5.52. The second kappa shape index (κ2) is 5.97. The van der Waals surface area contributed by atoms with Gasteiger partial charge in [0.1, 0.15) is 6.54 Å². The van der Waals surface area contributed by atoms with E-state index in [4.69, 9.17) is 5.73 Å². The quantitative estimate of drug-likeness (QED) is 0.659. The van der Waals surface area contributed by atoms with Crippen molar-refractivity contribution in [2.45, 2.75) is 33.2 Å². The lowest BCUT2D eigenvalue weighted by atomic mass is 10.3. The van der Waals surface area contributed by atoms with Gasteiger partial charge >= 0.3 is 0 Å². The summed E-state index contributed by atoms with van der Waals surface area (Å²) in [5, 5.41) is 10.1. The summed E-state index contributed by atoms with van der Waals surface area (Å²) >= 11 is 0. The predicted molar refractivity (Wildman–Crippen MR) is 61.2 cm³/mol. The number of rotatable bonds is 6. The first-order valence-electron chi connectivity index (χ1n) is 5.52. The Labute approximate surface area is 99.4 Å². The summed E-state index contributed by atoms with van der Waals surface area (Å²) in [6.07, 6.45) is 1.96. The number of nitrogens with two attached hydrogens (primary N) is 1. The number of hydrogen-bond acceptors (Lipinski definition) is 4. The van der Waals surface area contributed by atoms with Crippen LogP contribution in [0.25, 0.3) is 0 Å². The molecule has 0 aliphatic rings. The second-order valence-corrected chi connectivity index (χ2v) is 3.75. The minimum Gasteiger partial charge on any atom is -0.364 e. The van der Waals surface area contributed by atoms with Crippen LogP contribution in [0, 0.1) is 6.92 Å². The number of primary amides is 1. The van der Waals surface area contributed by atoms with E-state index in [0.717, 1.165) is 12.8 Å². The van der Waals surface area contributed by atoms with Gasteiger partial charge in [-0.3, -0.25) is 9.59 Å². The zero-order chi connectivity index (χ0) is 12.8. The van der Waals surface area contributed by atoms with Gasteiger partial charge in [0, 0.05) is 6.54 Å². The van der Waals surface area contributed by atoms with Gasteiger partial charge in [0.05, 0.1) is 5.69 Å². The zero-order valence-corrected chi connectivity index (χ0v) is 10.1. The Balaban J connectivity index is 2.57. The number of hydrogen-bond donors (Lipinski definition) is 2. The number of carbonyl (C=O) groups excluding carboxylic acids is 2. The molecule has 0 aliphatic heterocycles. The van der Waals surface area contributed by atoms with E-state index in [2.05, 4.69) is 15.6 Å². The molecule has 7 nitrogen and oxygen atoms in total. The van der Waals surface area contributed by atoms with Crippen LogP contribution in [0.1, 0.15) is 35.9 Å². The van der Waals surface area contributed by atoms with Crippen LogP contribution in [0.4, 0.5) is 0 Å². The molecule has 1 aromatic heterocycles.